The fraction of sp³-hybridized carbons (Fsp3) is 0.158. The number of halogens is 3. The maximum atomic E-state index is 8.94. The minimum atomic E-state index is -1.35. The fourth-order valence-electron chi connectivity index (χ4n) is 5.30. The predicted molar refractivity (Wildman–Crippen MR) is 203 cm³/mol. The summed E-state index contributed by atoms with van der Waals surface area (Å²) in [6.45, 7) is 11.9. The van der Waals surface area contributed by atoms with Crippen molar-refractivity contribution < 1.29 is 10.0 Å². The van der Waals surface area contributed by atoms with Crippen LogP contribution in [-0.2, 0) is 0 Å². The lowest BCUT2D eigenvalue weighted by molar-refractivity contribution is 0.425. The van der Waals surface area contributed by atoms with Gasteiger partial charge in [-0.05, 0) is 127 Å². The number of hydrogen-bond donors (Lipinski definition) is 2. The molecule has 10 heteroatoms. The molecule has 6 aromatic rings. The number of rotatable bonds is 4. The highest BCUT2D eigenvalue weighted by molar-refractivity contribution is 9.10. The van der Waals surface area contributed by atoms with Crippen molar-refractivity contribution in [3.8, 4) is 33.9 Å². The van der Waals surface area contributed by atoms with Crippen LogP contribution in [-0.4, -0.2) is 37.1 Å². The third-order valence-electron chi connectivity index (χ3n) is 7.44. The molecule has 48 heavy (non-hydrogen) atoms. The Balaban J connectivity index is 0.000000174. The summed E-state index contributed by atoms with van der Waals surface area (Å²) >= 11 is 15.4. The van der Waals surface area contributed by atoms with Crippen LogP contribution in [0.3, 0.4) is 0 Å². The van der Waals surface area contributed by atoms with Gasteiger partial charge in [0.15, 0.2) is 11.6 Å². The van der Waals surface area contributed by atoms with Gasteiger partial charge in [0, 0.05) is 51.5 Å². The van der Waals surface area contributed by atoms with E-state index in [4.69, 9.17) is 33.2 Å². The van der Waals surface area contributed by atoms with Crippen LogP contribution in [0.1, 0.15) is 33.4 Å². The number of hydrogen-bond acceptors (Lipinski definition) is 6. The topological polar surface area (TPSA) is 92.0 Å². The molecule has 2 heterocycles. The van der Waals surface area contributed by atoms with E-state index in [1.54, 1.807) is 12.4 Å². The highest BCUT2D eigenvalue weighted by atomic mass is 79.9. The van der Waals surface area contributed by atoms with E-state index < -0.39 is 7.12 Å². The Labute approximate surface area is 301 Å². The van der Waals surface area contributed by atoms with Crippen molar-refractivity contribution in [2.75, 3.05) is 0 Å². The molecule has 6 rings (SSSR count). The van der Waals surface area contributed by atoms with Gasteiger partial charge in [-0.2, -0.15) is 0 Å². The third kappa shape index (κ3) is 10.0. The van der Waals surface area contributed by atoms with Gasteiger partial charge < -0.3 is 10.0 Å². The first-order valence-electron chi connectivity index (χ1n) is 15.2. The quantitative estimate of drug-likeness (QED) is 0.175. The summed E-state index contributed by atoms with van der Waals surface area (Å²) in [6.07, 6.45) is 7.21. The standard InChI is InChI=1S/C19H17ClN2.C11H8BrClN2.C8H11BO2/c1-12-7-15(9-17(20)8-12)19-21-10-16(11-22-19)18-13(2)5-4-6-14(18)3;1-7-2-8(4-10(13)3-7)11-14-5-9(12)6-15-11;1-6-4-3-5-7(2)8(6)9(10)11/h4-11H,1-3H3;2-6H,1H3;3-5,10-11H,1-2H3. The van der Waals surface area contributed by atoms with Crippen molar-refractivity contribution in [2.24, 2.45) is 0 Å². The maximum Gasteiger partial charge on any atom is 0.488 e. The number of benzene rings is 4. The van der Waals surface area contributed by atoms with Crippen molar-refractivity contribution in [3.63, 3.8) is 0 Å². The minimum absolute atomic E-state index is 0.618. The average Bonchev–Trinajstić information content (AvgIpc) is 3.01. The second kappa shape index (κ2) is 17.0. The van der Waals surface area contributed by atoms with Crippen molar-refractivity contribution >= 4 is 51.7 Å². The largest absolute Gasteiger partial charge is 0.488 e. The molecular formula is C38H36BBrCl2N4O2. The van der Waals surface area contributed by atoms with E-state index in [1.165, 1.54) is 16.7 Å². The van der Waals surface area contributed by atoms with Crippen LogP contribution in [0.4, 0.5) is 0 Å². The van der Waals surface area contributed by atoms with Crippen molar-refractivity contribution in [1.29, 1.82) is 0 Å². The Bertz CT molecular complexity index is 1930. The number of nitrogens with zero attached hydrogens (tertiary/aromatic N) is 4. The van der Waals surface area contributed by atoms with Gasteiger partial charge in [-0.3, -0.25) is 0 Å². The molecular weight excluding hydrogens is 706 g/mol. The molecule has 0 aliphatic heterocycles. The Hall–Kier alpha value is -3.92. The van der Waals surface area contributed by atoms with Gasteiger partial charge in [0.25, 0.3) is 0 Å². The smallest absolute Gasteiger partial charge is 0.423 e. The molecule has 0 aliphatic rings. The molecule has 0 saturated carbocycles. The van der Waals surface area contributed by atoms with Crippen LogP contribution >= 0.6 is 39.1 Å². The summed E-state index contributed by atoms with van der Waals surface area (Å²) in [5, 5.41) is 19.3. The predicted octanol–water partition coefficient (Wildman–Crippen LogP) is 9.24. The molecule has 0 spiro atoms. The monoisotopic (exact) mass is 740 g/mol. The molecule has 2 N–H and O–H groups in total. The van der Waals surface area contributed by atoms with E-state index in [9.17, 15) is 0 Å². The first-order chi connectivity index (χ1) is 22.8. The van der Waals surface area contributed by atoms with Crippen LogP contribution in [0.15, 0.2) is 102 Å². The second-order valence-electron chi connectivity index (χ2n) is 11.5. The molecule has 0 saturated heterocycles. The molecule has 0 unspecified atom stereocenters. The molecule has 6 nitrogen and oxygen atoms in total. The van der Waals surface area contributed by atoms with Gasteiger partial charge in [-0.25, -0.2) is 19.9 Å². The van der Waals surface area contributed by atoms with Crippen LogP contribution in [0, 0.1) is 41.5 Å². The summed E-state index contributed by atoms with van der Waals surface area (Å²) < 4.78 is 0.866. The van der Waals surface area contributed by atoms with Crippen molar-refractivity contribution in [3.05, 3.63) is 145 Å². The van der Waals surface area contributed by atoms with E-state index in [2.05, 4.69) is 67.9 Å². The van der Waals surface area contributed by atoms with Crippen LogP contribution in [0.25, 0.3) is 33.9 Å². The Morgan fingerprint density at radius 3 is 1.31 bits per heavy atom. The van der Waals surface area contributed by atoms with Gasteiger partial charge in [-0.1, -0.05) is 70.7 Å². The summed E-state index contributed by atoms with van der Waals surface area (Å²) in [7, 11) is -1.35. The zero-order valence-corrected chi connectivity index (χ0v) is 30.7. The molecule has 0 amide bonds. The summed E-state index contributed by atoms with van der Waals surface area (Å²) in [4.78, 5) is 17.5. The Morgan fingerprint density at radius 1 is 0.542 bits per heavy atom. The zero-order valence-electron chi connectivity index (χ0n) is 27.6. The molecule has 2 aromatic heterocycles. The minimum Gasteiger partial charge on any atom is -0.423 e. The molecule has 0 fully saturated rings. The molecule has 4 aromatic carbocycles. The van der Waals surface area contributed by atoms with E-state index >= 15 is 0 Å². The SMILES string of the molecule is Cc1cc(Cl)cc(-c2ncc(-c3c(C)cccc3C)cn2)c1.Cc1cc(Cl)cc(-c2ncc(Br)cn2)c1.Cc1cccc(C)c1B(O)O. The fourth-order valence-corrected chi connectivity index (χ4v) is 6.09. The third-order valence-corrected chi connectivity index (χ3v) is 8.29. The highest BCUT2D eigenvalue weighted by Crippen LogP contribution is 2.28. The summed E-state index contributed by atoms with van der Waals surface area (Å²) in [5.74, 6) is 1.38. The Kier molecular flexibility index (Phi) is 13.0. The van der Waals surface area contributed by atoms with Gasteiger partial charge in [0.1, 0.15) is 0 Å². The van der Waals surface area contributed by atoms with Gasteiger partial charge in [0.2, 0.25) is 0 Å². The molecule has 244 valence electrons. The van der Waals surface area contributed by atoms with E-state index in [-0.39, 0.29) is 0 Å². The molecule has 0 atom stereocenters. The van der Waals surface area contributed by atoms with E-state index in [0.717, 1.165) is 43.4 Å². The van der Waals surface area contributed by atoms with Crippen molar-refractivity contribution in [1.82, 2.24) is 19.9 Å². The van der Waals surface area contributed by atoms with E-state index in [1.807, 2.05) is 94.7 Å². The average molecular weight is 742 g/mol. The highest BCUT2D eigenvalue weighted by Gasteiger charge is 2.15. The summed E-state index contributed by atoms with van der Waals surface area (Å²) in [6, 6.07) is 23.5. The van der Waals surface area contributed by atoms with Gasteiger partial charge in [-0.15, -0.1) is 0 Å². The van der Waals surface area contributed by atoms with Gasteiger partial charge >= 0.3 is 7.12 Å². The van der Waals surface area contributed by atoms with Crippen LogP contribution < -0.4 is 5.46 Å². The van der Waals surface area contributed by atoms with Crippen LogP contribution in [0.2, 0.25) is 10.0 Å². The lowest BCUT2D eigenvalue weighted by Crippen LogP contribution is -2.34. The normalized spacial score (nSPS) is 10.4. The lowest BCUT2D eigenvalue weighted by atomic mass is 9.74. The van der Waals surface area contributed by atoms with Crippen LogP contribution in [0.5, 0.6) is 0 Å². The second-order valence-corrected chi connectivity index (χ2v) is 13.3. The first kappa shape index (κ1) is 36.9. The molecule has 0 bridgehead atoms. The van der Waals surface area contributed by atoms with E-state index in [0.29, 0.717) is 27.2 Å². The maximum absolute atomic E-state index is 8.94. The molecule has 0 radical (unpaired) electrons. The summed E-state index contributed by atoms with van der Waals surface area (Å²) in [5.41, 5.74) is 11.2. The molecule has 0 aliphatic carbocycles. The zero-order chi connectivity index (χ0) is 35.0. The Morgan fingerprint density at radius 2 is 0.938 bits per heavy atom. The number of aryl methyl sites for hydroxylation is 6. The lowest BCUT2D eigenvalue weighted by Gasteiger charge is -2.10. The first-order valence-corrected chi connectivity index (χ1v) is 16.7. The number of aromatic nitrogens is 4. The van der Waals surface area contributed by atoms with Crippen molar-refractivity contribution in [2.45, 2.75) is 41.5 Å². The van der Waals surface area contributed by atoms with Gasteiger partial charge in [0.05, 0.1) is 4.47 Å².